The Morgan fingerprint density at radius 3 is 2.67 bits per heavy atom. The van der Waals surface area contributed by atoms with Crippen LogP contribution in [-0.2, 0) is 17.9 Å². The summed E-state index contributed by atoms with van der Waals surface area (Å²) in [6.45, 7) is 6.74. The highest BCUT2D eigenvalue weighted by atomic mass is 16.3. The first kappa shape index (κ1) is 21.3. The van der Waals surface area contributed by atoms with Gasteiger partial charge in [-0.3, -0.25) is 19.0 Å². The van der Waals surface area contributed by atoms with Gasteiger partial charge in [0.2, 0.25) is 5.91 Å². The van der Waals surface area contributed by atoms with Crippen LogP contribution in [0.3, 0.4) is 0 Å². The predicted molar refractivity (Wildman–Crippen MR) is 116 cm³/mol. The van der Waals surface area contributed by atoms with Gasteiger partial charge in [-0.05, 0) is 43.5 Å². The Hall–Kier alpha value is -3.42. The van der Waals surface area contributed by atoms with Crippen LogP contribution in [0.4, 0.5) is 5.69 Å². The number of amides is 1. The van der Waals surface area contributed by atoms with E-state index in [-0.39, 0.29) is 29.2 Å². The minimum absolute atomic E-state index is 0.0651. The lowest BCUT2D eigenvalue weighted by Crippen LogP contribution is -2.23. The molecule has 8 nitrogen and oxygen atoms in total. The van der Waals surface area contributed by atoms with Gasteiger partial charge in [0.15, 0.2) is 0 Å². The zero-order valence-electron chi connectivity index (χ0n) is 17.4. The molecule has 3 aromatic rings. The monoisotopic (exact) mass is 410 g/mol. The van der Waals surface area contributed by atoms with Gasteiger partial charge in [0.1, 0.15) is 5.75 Å². The summed E-state index contributed by atoms with van der Waals surface area (Å²) in [6, 6.07) is 7.74. The van der Waals surface area contributed by atoms with Crippen LogP contribution in [0.2, 0.25) is 0 Å². The first-order valence-electron chi connectivity index (χ1n) is 9.94. The SMILES string of the molecule is Cc1cc(O)cc(=O)n1CCCC(=O)Nc1ccc2ncn(CC(C)C)c(=O)c2c1. The van der Waals surface area contributed by atoms with Crippen molar-refractivity contribution in [2.75, 3.05) is 5.32 Å². The molecule has 0 saturated heterocycles. The molecule has 0 aliphatic heterocycles. The quantitative estimate of drug-likeness (QED) is 0.623. The Labute approximate surface area is 173 Å². The molecule has 0 atom stereocenters. The van der Waals surface area contributed by atoms with Crippen LogP contribution in [0.15, 0.2) is 46.2 Å². The molecule has 0 unspecified atom stereocenters. The molecule has 30 heavy (non-hydrogen) atoms. The van der Waals surface area contributed by atoms with Crippen LogP contribution in [0.5, 0.6) is 5.75 Å². The van der Waals surface area contributed by atoms with Gasteiger partial charge < -0.3 is 15.0 Å². The van der Waals surface area contributed by atoms with E-state index in [0.717, 1.165) is 6.07 Å². The van der Waals surface area contributed by atoms with Crippen molar-refractivity contribution in [1.82, 2.24) is 14.1 Å². The zero-order valence-corrected chi connectivity index (χ0v) is 17.4. The van der Waals surface area contributed by atoms with Gasteiger partial charge >= 0.3 is 0 Å². The average molecular weight is 410 g/mol. The second-order valence-corrected chi connectivity index (χ2v) is 7.82. The van der Waals surface area contributed by atoms with Crippen molar-refractivity contribution < 1.29 is 9.90 Å². The number of hydrogen-bond donors (Lipinski definition) is 2. The van der Waals surface area contributed by atoms with Crippen LogP contribution in [0.1, 0.15) is 32.4 Å². The number of nitrogens with zero attached hydrogens (tertiary/aromatic N) is 3. The molecule has 3 rings (SSSR count). The molecule has 2 heterocycles. The third-order valence-corrected chi connectivity index (χ3v) is 4.78. The second kappa shape index (κ2) is 8.94. The Balaban J connectivity index is 1.67. The summed E-state index contributed by atoms with van der Waals surface area (Å²) in [4.78, 5) is 41.3. The lowest BCUT2D eigenvalue weighted by Gasteiger charge is -2.11. The van der Waals surface area contributed by atoms with Gasteiger partial charge in [-0.2, -0.15) is 0 Å². The standard InChI is InChI=1S/C22H26N4O4/c1-14(2)12-25-13-23-19-7-6-16(10-18(19)22(25)30)24-20(28)5-4-8-26-15(3)9-17(27)11-21(26)29/h6-7,9-11,13-14,27H,4-5,8,12H2,1-3H3,(H,24,28). The first-order valence-corrected chi connectivity index (χ1v) is 9.94. The van der Waals surface area contributed by atoms with Crippen molar-refractivity contribution in [3.8, 4) is 5.75 Å². The van der Waals surface area contributed by atoms with Crippen LogP contribution >= 0.6 is 0 Å². The molecule has 2 N–H and O–H groups in total. The maximum atomic E-state index is 12.7. The number of nitrogens with one attached hydrogen (secondary N) is 1. The molecule has 1 aromatic carbocycles. The van der Waals surface area contributed by atoms with Crippen molar-refractivity contribution >= 4 is 22.5 Å². The van der Waals surface area contributed by atoms with E-state index in [4.69, 9.17) is 0 Å². The molecular weight excluding hydrogens is 384 g/mol. The first-order chi connectivity index (χ1) is 14.2. The minimum Gasteiger partial charge on any atom is -0.508 e. The van der Waals surface area contributed by atoms with E-state index in [1.54, 1.807) is 36.0 Å². The number of pyridine rings is 1. The Morgan fingerprint density at radius 1 is 1.20 bits per heavy atom. The Morgan fingerprint density at radius 2 is 1.97 bits per heavy atom. The lowest BCUT2D eigenvalue weighted by atomic mass is 10.2. The molecule has 0 aliphatic carbocycles. The minimum atomic E-state index is -0.299. The summed E-state index contributed by atoms with van der Waals surface area (Å²) in [7, 11) is 0. The molecule has 1 amide bonds. The molecular formula is C22H26N4O4. The number of aromatic nitrogens is 3. The number of aromatic hydroxyl groups is 1. The van der Waals surface area contributed by atoms with Crippen LogP contribution in [0.25, 0.3) is 10.9 Å². The van der Waals surface area contributed by atoms with Gasteiger partial charge in [-0.1, -0.05) is 13.8 Å². The Kier molecular flexibility index (Phi) is 6.34. The summed E-state index contributed by atoms with van der Waals surface area (Å²) in [5, 5.41) is 12.7. The smallest absolute Gasteiger partial charge is 0.261 e. The van der Waals surface area contributed by atoms with Crippen molar-refractivity contribution in [1.29, 1.82) is 0 Å². The molecule has 0 saturated carbocycles. The number of fused-ring (bicyclic) bond motifs is 1. The van der Waals surface area contributed by atoms with E-state index in [2.05, 4.69) is 10.3 Å². The van der Waals surface area contributed by atoms with Gasteiger partial charge in [0.05, 0.1) is 17.2 Å². The number of rotatable bonds is 7. The van der Waals surface area contributed by atoms with E-state index in [0.29, 0.717) is 47.7 Å². The largest absolute Gasteiger partial charge is 0.508 e. The van der Waals surface area contributed by atoms with Crippen molar-refractivity contribution in [2.45, 2.75) is 46.7 Å². The number of anilines is 1. The average Bonchev–Trinajstić information content (AvgIpc) is 2.66. The van der Waals surface area contributed by atoms with Gasteiger partial charge in [-0.15, -0.1) is 0 Å². The van der Waals surface area contributed by atoms with E-state index in [1.807, 2.05) is 13.8 Å². The van der Waals surface area contributed by atoms with Crippen LogP contribution in [0, 0.1) is 12.8 Å². The maximum absolute atomic E-state index is 12.7. The maximum Gasteiger partial charge on any atom is 0.261 e. The third kappa shape index (κ3) is 4.94. The highest BCUT2D eigenvalue weighted by Crippen LogP contribution is 2.15. The van der Waals surface area contributed by atoms with Crippen LogP contribution in [-0.4, -0.2) is 25.1 Å². The van der Waals surface area contributed by atoms with Crippen LogP contribution < -0.4 is 16.4 Å². The fourth-order valence-electron chi connectivity index (χ4n) is 3.38. The van der Waals surface area contributed by atoms with E-state index in [1.165, 1.54) is 10.6 Å². The summed E-state index contributed by atoms with van der Waals surface area (Å²) in [5.41, 5.74) is 1.33. The normalized spacial score (nSPS) is 11.2. The van der Waals surface area contributed by atoms with E-state index in [9.17, 15) is 19.5 Å². The van der Waals surface area contributed by atoms with Crippen molar-refractivity contribution in [2.24, 2.45) is 5.92 Å². The molecule has 8 heteroatoms. The van der Waals surface area contributed by atoms with Gasteiger partial charge in [-0.25, -0.2) is 4.98 Å². The predicted octanol–water partition coefficient (Wildman–Crippen LogP) is 2.65. The summed E-state index contributed by atoms with van der Waals surface area (Å²) in [6.07, 6.45) is 2.24. The molecule has 0 spiro atoms. The highest BCUT2D eigenvalue weighted by molar-refractivity contribution is 5.93. The summed E-state index contributed by atoms with van der Waals surface area (Å²) in [5.74, 6) is 0.0459. The second-order valence-electron chi connectivity index (χ2n) is 7.82. The van der Waals surface area contributed by atoms with Gasteiger partial charge in [0, 0.05) is 37.0 Å². The third-order valence-electron chi connectivity index (χ3n) is 4.78. The zero-order chi connectivity index (χ0) is 21.8. The topological polar surface area (TPSA) is 106 Å². The lowest BCUT2D eigenvalue weighted by molar-refractivity contribution is -0.116. The summed E-state index contributed by atoms with van der Waals surface area (Å²) < 4.78 is 3.10. The Bertz CT molecular complexity index is 1190. The van der Waals surface area contributed by atoms with Crippen molar-refractivity contribution in [3.05, 3.63) is 63.1 Å². The number of carbonyl (C=O) groups excluding carboxylic acids is 1. The van der Waals surface area contributed by atoms with E-state index >= 15 is 0 Å². The highest BCUT2D eigenvalue weighted by Gasteiger charge is 2.09. The number of hydrogen-bond acceptors (Lipinski definition) is 5. The molecule has 0 bridgehead atoms. The molecule has 0 fully saturated rings. The molecule has 158 valence electrons. The number of benzene rings is 1. The number of aryl methyl sites for hydroxylation is 1. The molecule has 0 radical (unpaired) electrons. The summed E-state index contributed by atoms with van der Waals surface area (Å²) >= 11 is 0. The fourth-order valence-corrected chi connectivity index (χ4v) is 3.38. The van der Waals surface area contributed by atoms with Gasteiger partial charge in [0.25, 0.3) is 11.1 Å². The molecule has 2 aromatic heterocycles. The van der Waals surface area contributed by atoms with E-state index < -0.39 is 0 Å². The number of carbonyl (C=O) groups is 1. The fraction of sp³-hybridized carbons (Fsp3) is 0.364. The molecule has 0 aliphatic rings. The van der Waals surface area contributed by atoms with Crippen molar-refractivity contribution in [3.63, 3.8) is 0 Å².